The zero-order valence-corrected chi connectivity index (χ0v) is 41.5. The van der Waals surface area contributed by atoms with Crippen molar-refractivity contribution in [3.8, 4) is 22.9 Å². The molecular formula is C55H59N4O11P. The van der Waals surface area contributed by atoms with Gasteiger partial charge in [0.05, 0.1) is 39.4 Å². The molecule has 8 rings (SSSR count). The van der Waals surface area contributed by atoms with Gasteiger partial charge >= 0.3 is 19.6 Å². The number of hydrogen-bond acceptors (Lipinski definition) is 12. The van der Waals surface area contributed by atoms with Crippen molar-refractivity contribution >= 4 is 13.9 Å². The van der Waals surface area contributed by atoms with Crippen LogP contribution in [0.1, 0.15) is 79.5 Å². The zero-order valence-electron chi connectivity index (χ0n) is 40.6. The summed E-state index contributed by atoms with van der Waals surface area (Å²) in [6, 6.07) is 42.7. The first-order valence-corrected chi connectivity index (χ1v) is 25.2. The fraction of sp³-hybridized carbons (Fsp3) is 0.345. The number of fused-ring (bicyclic) bond motifs is 3. The molecule has 0 amide bonds. The van der Waals surface area contributed by atoms with Gasteiger partial charge in [-0.25, -0.2) is 18.8 Å². The number of aromatic nitrogens is 2. The lowest BCUT2D eigenvalue weighted by Gasteiger charge is -2.46. The molecule has 1 aliphatic carbocycles. The summed E-state index contributed by atoms with van der Waals surface area (Å²) >= 11 is 0. The predicted octanol–water partition coefficient (Wildman–Crippen LogP) is 9.68. The van der Waals surface area contributed by atoms with Gasteiger partial charge in [-0.2, -0.15) is 5.26 Å². The number of nitriles is 1. The van der Waals surface area contributed by atoms with Gasteiger partial charge in [0.25, 0.3) is 5.56 Å². The third kappa shape index (κ3) is 10.6. The number of nitrogens with zero attached hydrogens (tertiary/aromatic N) is 3. The minimum absolute atomic E-state index is 0.0979. The van der Waals surface area contributed by atoms with Gasteiger partial charge in [0.15, 0.2) is 6.10 Å². The van der Waals surface area contributed by atoms with Crippen molar-refractivity contribution in [2.75, 3.05) is 33.5 Å². The monoisotopic (exact) mass is 982 g/mol. The topological polar surface area (TPSA) is 181 Å². The minimum Gasteiger partial charge on any atom is -0.497 e. The highest BCUT2D eigenvalue weighted by molar-refractivity contribution is 7.51. The Hall–Kier alpha value is -6.63. The Bertz CT molecular complexity index is 2900. The standard InChI is InChI=1S/C55H59N4O11P/c1-36(2)59(37(3)4)71(63,68-31-17-30-56)70-51-49(35-67-55(39-18-9-7-10-19-39,40-20-11-8-12-21-40)41-26-28-42(64-6)29-27-41)65-34-48(58-32-38(5)52(60)57-53(58)61)50(51)69-54(62)66-33-47-45-24-15-13-22-43(45)44-23-14-16-25-46(44)47/h7-16,18-29,32,36-37,47-51H,17,31,33-35H2,1-6H3,(H,57,60,61)/t48-,49-,50+,51-,71?/m1/s1. The van der Waals surface area contributed by atoms with E-state index < -0.39 is 67.2 Å². The van der Waals surface area contributed by atoms with Crippen LogP contribution in [0.5, 0.6) is 5.75 Å². The zero-order chi connectivity index (χ0) is 50.3. The van der Waals surface area contributed by atoms with Gasteiger partial charge in [0.1, 0.15) is 36.2 Å². The second kappa shape index (κ2) is 22.2. The molecule has 0 spiro atoms. The third-order valence-electron chi connectivity index (χ3n) is 13.0. The number of rotatable bonds is 19. The lowest BCUT2D eigenvalue weighted by molar-refractivity contribution is -0.186. The molecule has 5 atom stereocenters. The molecule has 71 heavy (non-hydrogen) atoms. The molecule has 1 aromatic heterocycles. The first-order chi connectivity index (χ1) is 34.3. The molecular weight excluding hydrogens is 924 g/mol. The van der Waals surface area contributed by atoms with Crippen molar-refractivity contribution in [2.24, 2.45) is 0 Å². The fourth-order valence-corrected chi connectivity index (χ4v) is 12.2. The summed E-state index contributed by atoms with van der Waals surface area (Å²) in [5.41, 5.74) is 3.75. The molecule has 0 saturated carbocycles. The van der Waals surface area contributed by atoms with Crippen LogP contribution >= 0.6 is 7.75 Å². The van der Waals surface area contributed by atoms with E-state index in [0.717, 1.165) is 38.9 Å². The number of methoxy groups -OCH3 is 1. The van der Waals surface area contributed by atoms with E-state index in [9.17, 15) is 19.6 Å². The third-order valence-corrected chi connectivity index (χ3v) is 15.5. The number of H-pyrrole nitrogens is 1. The van der Waals surface area contributed by atoms with Crippen LogP contribution in [-0.4, -0.2) is 84.3 Å². The molecule has 1 unspecified atom stereocenters. The number of ether oxygens (including phenoxy) is 5. The molecule has 15 nitrogen and oxygen atoms in total. The number of aromatic amines is 1. The Labute approximate surface area is 413 Å². The van der Waals surface area contributed by atoms with Crippen LogP contribution in [0, 0.1) is 18.3 Å². The van der Waals surface area contributed by atoms with Gasteiger partial charge in [-0.3, -0.25) is 23.4 Å². The van der Waals surface area contributed by atoms with E-state index in [1.54, 1.807) is 11.8 Å². The van der Waals surface area contributed by atoms with Crippen LogP contribution in [-0.2, 0) is 38.2 Å². The second-order valence-electron chi connectivity index (χ2n) is 18.1. The summed E-state index contributed by atoms with van der Waals surface area (Å²) in [6.45, 7) is 7.96. The van der Waals surface area contributed by atoms with Crippen molar-refractivity contribution in [3.63, 3.8) is 0 Å². The predicted molar refractivity (Wildman–Crippen MR) is 267 cm³/mol. The van der Waals surface area contributed by atoms with Crippen LogP contribution in [0.15, 0.2) is 149 Å². The number of carbonyl (C=O) groups is 1. The molecule has 0 bridgehead atoms. The van der Waals surface area contributed by atoms with Gasteiger partial charge in [-0.1, -0.05) is 121 Å². The highest BCUT2D eigenvalue weighted by Gasteiger charge is 2.52. The summed E-state index contributed by atoms with van der Waals surface area (Å²) in [4.78, 5) is 43.5. The van der Waals surface area contributed by atoms with E-state index in [0.29, 0.717) is 5.75 Å². The Morgan fingerprint density at radius 3 is 1.94 bits per heavy atom. The Balaban J connectivity index is 1.25. The molecule has 5 aromatic carbocycles. The number of nitrogens with one attached hydrogen (secondary N) is 1. The summed E-state index contributed by atoms with van der Waals surface area (Å²) < 4.78 is 63.6. The molecule has 1 N–H and O–H groups in total. The SMILES string of the molecule is COc1ccc(C(OC[C@H]2OC[C@@H](n3cc(C)c(=O)[nH]c3=O)[C@H](OC(=O)OCC3c4ccccc4-c4ccccc43)[C@@H]2OP(=O)(OCCC#N)N(C(C)C)C(C)C)(c2ccccc2)c2ccccc2)cc1. The van der Waals surface area contributed by atoms with Crippen molar-refractivity contribution in [2.45, 2.75) is 89.0 Å². The Kier molecular flexibility index (Phi) is 15.9. The van der Waals surface area contributed by atoms with Crippen molar-refractivity contribution < 1.29 is 42.1 Å². The maximum Gasteiger partial charge on any atom is 0.508 e. The van der Waals surface area contributed by atoms with Gasteiger partial charge in [0, 0.05) is 29.8 Å². The van der Waals surface area contributed by atoms with Crippen LogP contribution < -0.4 is 16.0 Å². The van der Waals surface area contributed by atoms with Crippen molar-refractivity contribution in [1.82, 2.24) is 14.2 Å². The Morgan fingerprint density at radius 1 is 0.817 bits per heavy atom. The maximum absolute atomic E-state index is 15.8. The fourth-order valence-electron chi connectivity index (χ4n) is 9.87. The summed E-state index contributed by atoms with van der Waals surface area (Å²) in [5, 5.41) is 9.60. The molecule has 16 heteroatoms. The lowest BCUT2D eigenvalue weighted by atomic mass is 9.80. The van der Waals surface area contributed by atoms with Gasteiger partial charge < -0.3 is 23.7 Å². The molecule has 2 aliphatic rings. The number of carbonyl (C=O) groups excluding carboxylic acids is 1. The van der Waals surface area contributed by atoms with Gasteiger partial charge in [0.2, 0.25) is 0 Å². The van der Waals surface area contributed by atoms with E-state index in [1.807, 2.05) is 167 Å². The van der Waals surface area contributed by atoms with E-state index in [2.05, 4.69) is 4.98 Å². The normalized spacial score (nSPS) is 18.6. The first kappa shape index (κ1) is 50.7. The molecule has 2 heterocycles. The van der Waals surface area contributed by atoms with Crippen LogP contribution in [0.3, 0.4) is 0 Å². The molecule has 0 radical (unpaired) electrons. The van der Waals surface area contributed by atoms with Crippen molar-refractivity contribution in [3.05, 3.63) is 194 Å². The largest absolute Gasteiger partial charge is 0.508 e. The number of hydrogen-bond donors (Lipinski definition) is 1. The number of aryl methyl sites for hydroxylation is 1. The highest BCUT2D eigenvalue weighted by Crippen LogP contribution is 2.57. The summed E-state index contributed by atoms with van der Waals surface area (Å²) in [7, 11) is -2.91. The van der Waals surface area contributed by atoms with E-state index in [-0.39, 0.29) is 44.3 Å². The molecule has 1 saturated heterocycles. The minimum atomic E-state index is -4.50. The molecule has 1 fully saturated rings. The van der Waals surface area contributed by atoms with Crippen LogP contribution in [0.25, 0.3) is 11.1 Å². The smallest absolute Gasteiger partial charge is 0.497 e. The molecule has 1 aliphatic heterocycles. The Morgan fingerprint density at radius 2 is 1.38 bits per heavy atom. The number of benzene rings is 5. The van der Waals surface area contributed by atoms with Crippen molar-refractivity contribution in [1.29, 1.82) is 5.26 Å². The van der Waals surface area contributed by atoms with Crippen LogP contribution in [0.4, 0.5) is 4.79 Å². The van der Waals surface area contributed by atoms with Gasteiger partial charge in [-0.05, 0) is 85.7 Å². The van der Waals surface area contributed by atoms with E-state index in [4.69, 9.17) is 32.7 Å². The van der Waals surface area contributed by atoms with Gasteiger partial charge in [-0.15, -0.1) is 0 Å². The quantitative estimate of drug-likeness (QED) is 0.0351. The summed E-state index contributed by atoms with van der Waals surface area (Å²) in [5.74, 6) is 0.311. The highest BCUT2D eigenvalue weighted by atomic mass is 31.2. The van der Waals surface area contributed by atoms with Crippen LogP contribution in [0.2, 0.25) is 0 Å². The first-order valence-electron chi connectivity index (χ1n) is 23.7. The molecule has 370 valence electrons. The molecule has 6 aromatic rings. The van der Waals surface area contributed by atoms with E-state index in [1.165, 1.54) is 17.7 Å². The second-order valence-corrected chi connectivity index (χ2v) is 20.0. The summed E-state index contributed by atoms with van der Waals surface area (Å²) in [6.07, 6.45) is -4.09. The maximum atomic E-state index is 15.8. The average molecular weight is 983 g/mol. The lowest BCUT2D eigenvalue weighted by Crippen LogP contribution is -2.57. The average Bonchev–Trinajstić information content (AvgIpc) is 3.69. The van der Waals surface area contributed by atoms with E-state index >= 15 is 4.57 Å².